The first-order valence-electron chi connectivity index (χ1n) is 5.65. The van der Waals surface area contributed by atoms with Gasteiger partial charge in [-0.15, -0.1) is 0 Å². The van der Waals surface area contributed by atoms with E-state index in [4.69, 9.17) is 0 Å². The summed E-state index contributed by atoms with van der Waals surface area (Å²) in [4.78, 5) is 0. The molecule has 1 aromatic carbocycles. The summed E-state index contributed by atoms with van der Waals surface area (Å²) < 4.78 is 40.5. The summed E-state index contributed by atoms with van der Waals surface area (Å²) in [6.45, 7) is 3.93. The molecule has 0 unspecified atom stereocenters. The Bertz CT molecular complexity index is 561. The molecule has 2 nitrogen and oxygen atoms in total. The molecule has 0 aliphatic heterocycles. The van der Waals surface area contributed by atoms with Crippen LogP contribution in [-0.2, 0) is 6.54 Å². The molecule has 0 saturated carbocycles. The third kappa shape index (κ3) is 2.25. The molecule has 2 rings (SSSR count). The lowest BCUT2D eigenvalue weighted by Gasteiger charge is -2.03. The van der Waals surface area contributed by atoms with Gasteiger partial charge in [0.25, 0.3) is 6.43 Å². The third-order valence-corrected chi connectivity index (χ3v) is 2.78. The second-order valence-corrected chi connectivity index (χ2v) is 4.05. The van der Waals surface area contributed by atoms with Crippen LogP contribution in [0.3, 0.4) is 0 Å². The smallest absolute Gasteiger partial charge is 0.267 e. The van der Waals surface area contributed by atoms with Gasteiger partial charge in [0.15, 0.2) is 0 Å². The Balaban J connectivity index is 2.54. The lowest BCUT2D eigenvalue weighted by atomic mass is 10.1. The van der Waals surface area contributed by atoms with Gasteiger partial charge >= 0.3 is 0 Å². The van der Waals surface area contributed by atoms with Gasteiger partial charge in [-0.25, -0.2) is 13.2 Å². The number of aryl methyl sites for hydroxylation is 2. The molecular weight excluding hydrogens is 241 g/mol. The van der Waals surface area contributed by atoms with Crippen molar-refractivity contribution in [2.75, 3.05) is 0 Å². The minimum absolute atomic E-state index is 0.122. The van der Waals surface area contributed by atoms with Gasteiger partial charge in [0.05, 0.1) is 5.56 Å². The Hall–Kier alpha value is -1.78. The lowest BCUT2D eigenvalue weighted by Crippen LogP contribution is -1.94. The van der Waals surface area contributed by atoms with Gasteiger partial charge < -0.3 is 0 Å². The van der Waals surface area contributed by atoms with E-state index in [0.29, 0.717) is 17.7 Å². The summed E-state index contributed by atoms with van der Waals surface area (Å²) in [7, 11) is 0. The Kier molecular flexibility index (Phi) is 3.41. The first kappa shape index (κ1) is 12.7. The molecule has 0 aliphatic rings. The summed E-state index contributed by atoms with van der Waals surface area (Å²) in [5, 5.41) is 4.11. The average molecular weight is 254 g/mol. The van der Waals surface area contributed by atoms with Crippen LogP contribution in [0, 0.1) is 12.7 Å². The number of aromatic nitrogens is 2. The Morgan fingerprint density at radius 2 is 2.06 bits per heavy atom. The molecule has 0 fully saturated rings. The van der Waals surface area contributed by atoms with Crippen molar-refractivity contribution >= 4 is 0 Å². The normalized spacial score (nSPS) is 11.2. The fourth-order valence-electron chi connectivity index (χ4n) is 1.77. The van der Waals surface area contributed by atoms with Gasteiger partial charge in [0.1, 0.15) is 11.5 Å². The minimum Gasteiger partial charge on any atom is -0.272 e. The number of rotatable bonds is 3. The number of nitrogens with zero attached hydrogens (tertiary/aromatic N) is 2. The van der Waals surface area contributed by atoms with Gasteiger partial charge in [-0.05, 0) is 37.6 Å². The van der Waals surface area contributed by atoms with Gasteiger partial charge in [-0.3, -0.25) is 4.68 Å². The minimum atomic E-state index is -2.59. The molecule has 0 saturated heterocycles. The highest BCUT2D eigenvalue weighted by Crippen LogP contribution is 2.30. The Labute approximate surface area is 103 Å². The maximum Gasteiger partial charge on any atom is 0.267 e. The highest BCUT2D eigenvalue weighted by molar-refractivity contribution is 5.63. The molecule has 5 heteroatoms. The number of alkyl halides is 2. The summed E-state index contributed by atoms with van der Waals surface area (Å²) in [6.07, 6.45) is -1.26. The maximum atomic E-state index is 13.2. The van der Waals surface area contributed by atoms with Gasteiger partial charge in [-0.1, -0.05) is 0 Å². The molecule has 0 radical (unpaired) electrons. The molecule has 0 spiro atoms. The fraction of sp³-hybridized carbons (Fsp3) is 0.308. The molecule has 1 aromatic heterocycles. The standard InChI is InChI=1S/C13H13F3N2/c1-3-18-7-10(13(15)16)12(17-18)9-4-5-11(14)8(2)6-9/h4-7,13H,3H2,1-2H3. The Morgan fingerprint density at radius 3 is 2.61 bits per heavy atom. The zero-order valence-electron chi connectivity index (χ0n) is 10.1. The van der Waals surface area contributed by atoms with E-state index in [-0.39, 0.29) is 17.1 Å². The number of hydrogen-bond donors (Lipinski definition) is 0. The molecule has 1 heterocycles. The second kappa shape index (κ2) is 4.84. The lowest BCUT2D eigenvalue weighted by molar-refractivity contribution is 0.152. The summed E-state index contributed by atoms with van der Waals surface area (Å²) in [5.41, 5.74) is 1.02. The third-order valence-electron chi connectivity index (χ3n) is 2.78. The van der Waals surface area contributed by atoms with Crippen LogP contribution < -0.4 is 0 Å². The Morgan fingerprint density at radius 1 is 1.33 bits per heavy atom. The van der Waals surface area contributed by atoms with Crippen LogP contribution in [-0.4, -0.2) is 9.78 Å². The molecule has 0 N–H and O–H groups in total. The summed E-state index contributed by atoms with van der Waals surface area (Å²) >= 11 is 0. The van der Waals surface area contributed by atoms with Crippen molar-refractivity contribution in [3.8, 4) is 11.3 Å². The second-order valence-electron chi connectivity index (χ2n) is 4.05. The van der Waals surface area contributed by atoms with E-state index in [1.807, 2.05) is 6.92 Å². The zero-order chi connectivity index (χ0) is 13.3. The van der Waals surface area contributed by atoms with Gasteiger partial charge in [0, 0.05) is 18.3 Å². The topological polar surface area (TPSA) is 17.8 Å². The predicted molar refractivity (Wildman–Crippen MR) is 63.0 cm³/mol. The molecule has 96 valence electrons. The van der Waals surface area contributed by atoms with Crippen molar-refractivity contribution in [1.82, 2.24) is 9.78 Å². The van der Waals surface area contributed by atoms with Crippen molar-refractivity contribution in [1.29, 1.82) is 0 Å². The fourth-order valence-corrected chi connectivity index (χ4v) is 1.77. The van der Waals surface area contributed by atoms with Crippen LogP contribution in [0.25, 0.3) is 11.3 Å². The molecular formula is C13H13F3N2. The van der Waals surface area contributed by atoms with Crippen LogP contribution in [0.5, 0.6) is 0 Å². The predicted octanol–water partition coefficient (Wildman–Crippen LogP) is 3.96. The SMILES string of the molecule is CCn1cc(C(F)F)c(-c2ccc(F)c(C)c2)n1. The van der Waals surface area contributed by atoms with Crippen LogP contribution in [0.4, 0.5) is 13.2 Å². The van der Waals surface area contributed by atoms with Crippen molar-refractivity contribution in [2.45, 2.75) is 26.8 Å². The molecule has 0 bridgehead atoms. The van der Waals surface area contributed by atoms with E-state index < -0.39 is 6.43 Å². The van der Waals surface area contributed by atoms with Crippen molar-refractivity contribution < 1.29 is 13.2 Å². The van der Waals surface area contributed by atoms with E-state index >= 15 is 0 Å². The maximum absolute atomic E-state index is 13.2. The number of halogens is 3. The largest absolute Gasteiger partial charge is 0.272 e. The summed E-state index contributed by atoms with van der Waals surface area (Å²) in [5.74, 6) is -0.354. The molecule has 0 aliphatic carbocycles. The van der Waals surface area contributed by atoms with E-state index in [1.165, 1.54) is 29.1 Å². The van der Waals surface area contributed by atoms with Crippen LogP contribution in [0.1, 0.15) is 24.5 Å². The molecule has 0 amide bonds. The monoisotopic (exact) mass is 254 g/mol. The van der Waals surface area contributed by atoms with Crippen LogP contribution >= 0.6 is 0 Å². The number of hydrogen-bond acceptors (Lipinski definition) is 1. The highest BCUT2D eigenvalue weighted by Gasteiger charge is 2.19. The first-order chi connectivity index (χ1) is 8.52. The zero-order valence-corrected chi connectivity index (χ0v) is 10.1. The molecule has 18 heavy (non-hydrogen) atoms. The molecule has 0 atom stereocenters. The number of benzene rings is 1. The summed E-state index contributed by atoms with van der Waals surface area (Å²) in [6, 6.07) is 4.27. The van der Waals surface area contributed by atoms with Gasteiger partial charge in [-0.2, -0.15) is 5.10 Å². The van der Waals surface area contributed by atoms with Crippen molar-refractivity contribution in [3.63, 3.8) is 0 Å². The van der Waals surface area contributed by atoms with Gasteiger partial charge in [0.2, 0.25) is 0 Å². The quantitative estimate of drug-likeness (QED) is 0.810. The molecule has 2 aromatic rings. The van der Waals surface area contributed by atoms with Crippen molar-refractivity contribution in [3.05, 3.63) is 41.3 Å². The first-order valence-corrected chi connectivity index (χ1v) is 5.65. The van der Waals surface area contributed by atoms with E-state index in [0.717, 1.165) is 0 Å². The van der Waals surface area contributed by atoms with Crippen LogP contribution in [0.2, 0.25) is 0 Å². The van der Waals surface area contributed by atoms with E-state index in [2.05, 4.69) is 5.10 Å². The van der Waals surface area contributed by atoms with Crippen LogP contribution in [0.15, 0.2) is 24.4 Å². The van der Waals surface area contributed by atoms with Crippen molar-refractivity contribution in [2.24, 2.45) is 0 Å². The van der Waals surface area contributed by atoms with E-state index in [9.17, 15) is 13.2 Å². The highest BCUT2D eigenvalue weighted by atomic mass is 19.3. The average Bonchev–Trinajstić information content (AvgIpc) is 2.77. The van der Waals surface area contributed by atoms with E-state index in [1.54, 1.807) is 6.92 Å².